The van der Waals surface area contributed by atoms with Crippen molar-refractivity contribution >= 4 is 17.1 Å². The van der Waals surface area contributed by atoms with Crippen molar-refractivity contribution in [3.05, 3.63) is 68.5 Å². The van der Waals surface area contributed by atoms with Crippen LogP contribution in [-0.2, 0) is 6.54 Å². The van der Waals surface area contributed by atoms with Gasteiger partial charge in [0.05, 0.1) is 28.2 Å². The molecule has 1 heterocycles. The quantitative estimate of drug-likeness (QED) is 0.662. The van der Waals surface area contributed by atoms with Crippen molar-refractivity contribution in [1.82, 2.24) is 4.98 Å². The predicted octanol–water partition coefficient (Wildman–Crippen LogP) is 2.51. The molecule has 0 atom stereocenters. The van der Waals surface area contributed by atoms with Crippen molar-refractivity contribution in [2.75, 3.05) is 5.32 Å². The summed E-state index contributed by atoms with van der Waals surface area (Å²) in [6.45, 7) is 0.291. The van der Waals surface area contributed by atoms with E-state index in [1.165, 1.54) is 12.1 Å². The van der Waals surface area contributed by atoms with E-state index in [0.29, 0.717) is 12.2 Å². The highest BCUT2D eigenvalue weighted by atomic mass is 16.6. The van der Waals surface area contributed by atoms with E-state index in [1.54, 1.807) is 24.4 Å². The second-order valence-corrected chi connectivity index (χ2v) is 3.89. The maximum Gasteiger partial charge on any atom is 0.299 e. The number of hydrogen-bond acceptors (Lipinski definition) is 6. The van der Waals surface area contributed by atoms with Gasteiger partial charge in [-0.15, -0.1) is 0 Å². The fraction of sp³-hybridized carbons (Fsp3) is 0.0833. The molecule has 1 N–H and O–H groups in total. The molecule has 0 saturated heterocycles. The standard InChI is InChI=1S/C12H10N4O4/c17-15(18)10-4-5-11(12(7-10)16(19)20)14-8-9-3-1-2-6-13-9/h1-7,14H,8H2. The second kappa shape index (κ2) is 5.74. The smallest absolute Gasteiger partial charge is 0.299 e. The number of benzene rings is 1. The number of non-ortho nitro benzene ring substituents is 1. The van der Waals surface area contributed by atoms with Crippen molar-refractivity contribution in [1.29, 1.82) is 0 Å². The third-order valence-electron chi connectivity index (χ3n) is 2.57. The number of hydrogen-bond donors (Lipinski definition) is 1. The maximum absolute atomic E-state index is 10.9. The molecule has 102 valence electrons. The van der Waals surface area contributed by atoms with Crippen LogP contribution in [0.1, 0.15) is 5.69 Å². The molecule has 1 aromatic heterocycles. The molecule has 8 nitrogen and oxygen atoms in total. The third kappa shape index (κ3) is 3.05. The van der Waals surface area contributed by atoms with Crippen molar-refractivity contribution in [3.8, 4) is 0 Å². The van der Waals surface area contributed by atoms with Crippen LogP contribution in [0.4, 0.5) is 17.1 Å². The van der Waals surface area contributed by atoms with Crippen LogP contribution in [0, 0.1) is 20.2 Å². The zero-order chi connectivity index (χ0) is 14.5. The number of anilines is 1. The summed E-state index contributed by atoms with van der Waals surface area (Å²) in [5.41, 5.74) is 0.265. The Morgan fingerprint density at radius 1 is 1.10 bits per heavy atom. The highest BCUT2D eigenvalue weighted by molar-refractivity contribution is 5.65. The van der Waals surface area contributed by atoms with Gasteiger partial charge in [0.15, 0.2) is 0 Å². The van der Waals surface area contributed by atoms with Crippen molar-refractivity contribution in [2.45, 2.75) is 6.54 Å². The Bertz CT molecular complexity index is 645. The van der Waals surface area contributed by atoms with Crippen molar-refractivity contribution < 1.29 is 9.85 Å². The molecule has 0 amide bonds. The molecule has 0 aliphatic carbocycles. The lowest BCUT2D eigenvalue weighted by atomic mass is 10.2. The first-order chi connectivity index (χ1) is 9.58. The van der Waals surface area contributed by atoms with E-state index in [0.717, 1.165) is 6.07 Å². The monoisotopic (exact) mass is 274 g/mol. The largest absolute Gasteiger partial charge is 0.374 e. The van der Waals surface area contributed by atoms with Gasteiger partial charge < -0.3 is 5.32 Å². The van der Waals surface area contributed by atoms with E-state index >= 15 is 0 Å². The lowest BCUT2D eigenvalue weighted by Gasteiger charge is -2.06. The zero-order valence-corrected chi connectivity index (χ0v) is 10.2. The van der Waals surface area contributed by atoms with E-state index in [9.17, 15) is 20.2 Å². The lowest BCUT2D eigenvalue weighted by molar-refractivity contribution is -0.393. The molecule has 0 bridgehead atoms. The zero-order valence-electron chi connectivity index (χ0n) is 10.2. The summed E-state index contributed by atoms with van der Waals surface area (Å²) in [4.78, 5) is 24.3. The molecule has 0 saturated carbocycles. The number of nitro groups is 2. The van der Waals surface area contributed by atoms with E-state index in [2.05, 4.69) is 10.3 Å². The Balaban J connectivity index is 2.23. The van der Waals surface area contributed by atoms with Crippen LogP contribution in [0.25, 0.3) is 0 Å². The van der Waals surface area contributed by atoms with Gasteiger partial charge in [-0.1, -0.05) is 6.07 Å². The molecule has 2 aromatic rings. The Kier molecular flexibility index (Phi) is 3.85. The normalized spacial score (nSPS) is 10.0. The summed E-state index contributed by atoms with van der Waals surface area (Å²) in [7, 11) is 0. The third-order valence-corrected chi connectivity index (χ3v) is 2.57. The van der Waals surface area contributed by atoms with Gasteiger partial charge in [-0.25, -0.2) is 0 Å². The van der Waals surface area contributed by atoms with Gasteiger partial charge in [0.25, 0.3) is 11.4 Å². The molecular weight excluding hydrogens is 264 g/mol. The van der Waals surface area contributed by atoms with Crippen LogP contribution in [0.5, 0.6) is 0 Å². The number of rotatable bonds is 5. The average Bonchev–Trinajstić information content (AvgIpc) is 2.45. The van der Waals surface area contributed by atoms with Gasteiger partial charge in [-0.3, -0.25) is 25.2 Å². The van der Waals surface area contributed by atoms with Gasteiger partial charge in [-0.05, 0) is 18.2 Å². The lowest BCUT2D eigenvalue weighted by Crippen LogP contribution is -2.04. The van der Waals surface area contributed by atoms with Gasteiger partial charge in [0, 0.05) is 12.3 Å². The molecule has 0 fully saturated rings. The summed E-state index contributed by atoms with van der Waals surface area (Å²) in [5, 5.41) is 24.4. The average molecular weight is 274 g/mol. The molecule has 0 unspecified atom stereocenters. The van der Waals surface area contributed by atoms with Crippen LogP contribution in [0.3, 0.4) is 0 Å². The Morgan fingerprint density at radius 3 is 2.50 bits per heavy atom. The van der Waals surface area contributed by atoms with Crippen molar-refractivity contribution in [3.63, 3.8) is 0 Å². The fourth-order valence-corrected chi connectivity index (χ4v) is 1.62. The molecule has 0 radical (unpaired) electrons. The minimum Gasteiger partial charge on any atom is -0.374 e. The number of aromatic nitrogens is 1. The minimum atomic E-state index is -0.671. The van der Waals surface area contributed by atoms with E-state index in [4.69, 9.17) is 0 Å². The summed E-state index contributed by atoms with van der Waals surface area (Å²) in [5.74, 6) is 0. The first-order valence-corrected chi connectivity index (χ1v) is 5.64. The summed E-state index contributed by atoms with van der Waals surface area (Å²) >= 11 is 0. The highest BCUT2D eigenvalue weighted by Gasteiger charge is 2.19. The van der Waals surface area contributed by atoms with Gasteiger partial charge in [-0.2, -0.15) is 0 Å². The number of pyridine rings is 1. The van der Waals surface area contributed by atoms with E-state index < -0.39 is 9.85 Å². The van der Waals surface area contributed by atoms with Gasteiger partial charge >= 0.3 is 0 Å². The molecule has 8 heteroatoms. The van der Waals surface area contributed by atoms with Crippen LogP contribution < -0.4 is 5.32 Å². The van der Waals surface area contributed by atoms with Crippen molar-refractivity contribution in [2.24, 2.45) is 0 Å². The summed E-state index contributed by atoms with van der Waals surface area (Å²) < 4.78 is 0. The number of nitrogens with zero attached hydrogens (tertiary/aromatic N) is 3. The highest BCUT2D eigenvalue weighted by Crippen LogP contribution is 2.29. The molecular formula is C12H10N4O4. The predicted molar refractivity (Wildman–Crippen MR) is 71.3 cm³/mol. The van der Waals surface area contributed by atoms with Crippen LogP contribution in [-0.4, -0.2) is 14.8 Å². The number of nitrogens with one attached hydrogen (secondary N) is 1. The van der Waals surface area contributed by atoms with Gasteiger partial charge in [0.1, 0.15) is 5.69 Å². The molecule has 0 aliphatic rings. The van der Waals surface area contributed by atoms with E-state index in [1.807, 2.05) is 0 Å². The first-order valence-electron chi connectivity index (χ1n) is 5.64. The molecule has 20 heavy (non-hydrogen) atoms. The Morgan fingerprint density at radius 2 is 1.90 bits per heavy atom. The van der Waals surface area contributed by atoms with E-state index in [-0.39, 0.29) is 17.1 Å². The summed E-state index contributed by atoms with van der Waals surface area (Å²) in [6.07, 6.45) is 1.61. The number of nitro benzene ring substituents is 2. The maximum atomic E-state index is 10.9. The second-order valence-electron chi connectivity index (χ2n) is 3.89. The topological polar surface area (TPSA) is 111 Å². The molecule has 0 spiro atoms. The first kappa shape index (κ1) is 13.4. The SMILES string of the molecule is O=[N+]([O-])c1ccc(NCc2ccccn2)c([N+](=O)[O-])c1. The van der Waals surface area contributed by atoms with Crippen LogP contribution in [0.15, 0.2) is 42.6 Å². The Labute approximate surface area is 113 Å². The molecule has 1 aromatic carbocycles. The summed E-state index contributed by atoms with van der Waals surface area (Å²) in [6, 6.07) is 8.80. The molecule has 2 rings (SSSR count). The van der Waals surface area contributed by atoms with Gasteiger partial charge in [0.2, 0.25) is 0 Å². The fourth-order valence-electron chi connectivity index (χ4n) is 1.62. The minimum absolute atomic E-state index is 0.214. The Hall–Kier alpha value is -3.03. The molecule has 0 aliphatic heterocycles. The van der Waals surface area contributed by atoms with Crippen LogP contribution in [0.2, 0.25) is 0 Å². The van der Waals surface area contributed by atoms with Crippen LogP contribution >= 0.6 is 0 Å².